The summed E-state index contributed by atoms with van der Waals surface area (Å²) >= 11 is 1.22. The number of halogens is 2. The van der Waals surface area contributed by atoms with Gasteiger partial charge in [-0.1, -0.05) is 36.4 Å². The molecule has 0 atom stereocenters. The molecule has 5 rings (SSSR count). The number of para-hydroxylation sites is 1. The van der Waals surface area contributed by atoms with E-state index in [4.69, 9.17) is 0 Å². The Hall–Kier alpha value is -3.92. The first kappa shape index (κ1) is 22.9. The first-order chi connectivity index (χ1) is 16.8. The fourth-order valence-corrected chi connectivity index (χ4v) is 4.66. The average Bonchev–Trinajstić information content (AvgIpc) is 3.24. The van der Waals surface area contributed by atoms with Gasteiger partial charge in [-0.05, 0) is 42.2 Å². The van der Waals surface area contributed by atoms with Gasteiger partial charge in [0.1, 0.15) is 5.69 Å². The summed E-state index contributed by atoms with van der Waals surface area (Å²) < 4.78 is 31.5. The summed E-state index contributed by atoms with van der Waals surface area (Å²) in [4.78, 5) is 30.2. The lowest BCUT2D eigenvalue weighted by Gasteiger charge is -2.35. The molecule has 2 amide bonds. The Balaban J connectivity index is 1.44. The number of pyridine rings is 1. The van der Waals surface area contributed by atoms with E-state index in [-0.39, 0.29) is 29.8 Å². The van der Waals surface area contributed by atoms with Crippen LogP contribution in [0.4, 0.5) is 26.0 Å². The fourth-order valence-electron chi connectivity index (χ4n) is 3.89. The zero-order valence-corrected chi connectivity index (χ0v) is 19.5. The molecule has 3 N–H and O–H groups in total. The molecule has 1 aliphatic rings. The Morgan fingerprint density at radius 1 is 1.03 bits per heavy atom. The van der Waals surface area contributed by atoms with Crippen LogP contribution in [0.3, 0.4) is 0 Å². The Kier molecular flexibility index (Phi) is 5.89. The summed E-state index contributed by atoms with van der Waals surface area (Å²) in [5.41, 5.74) is 2.42. The summed E-state index contributed by atoms with van der Waals surface area (Å²) in [5.74, 6) is -3.39. The van der Waals surface area contributed by atoms with Crippen molar-refractivity contribution in [1.82, 2.24) is 14.7 Å². The first-order valence-corrected chi connectivity index (χ1v) is 11.7. The third kappa shape index (κ3) is 4.83. The lowest BCUT2D eigenvalue weighted by molar-refractivity contribution is -0.0901. The molecule has 0 unspecified atom stereocenters. The third-order valence-electron chi connectivity index (χ3n) is 5.81. The Labute approximate surface area is 203 Å². The number of amides is 2. The number of hydrogen-bond acceptors (Lipinski definition) is 6. The quantitative estimate of drug-likeness (QED) is 0.329. The van der Waals surface area contributed by atoms with Gasteiger partial charge >= 0.3 is 0 Å². The van der Waals surface area contributed by atoms with E-state index in [2.05, 4.69) is 25.3 Å². The Morgan fingerprint density at radius 3 is 2.54 bits per heavy atom. The van der Waals surface area contributed by atoms with Gasteiger partial charge in [0.25, 0.3) is 17.7 Å². The normalized spacial score (nSPS) is 14.8. The van der Waals surface area contributed by atoms with Gasteiger partial charge in [-0.2, -0.15) is 4.37 Å². The smallest absolute Gasteiger partial charge is 0.276 e. The van der Waals surface area contributed by atoms with E-state index in [9.17, 15) is 18.4 Å². The van der Waals surface area contributed by atoms with Crippen molar-refractivity contribution in [2.75, 3.05) is 10.6 Å². The average molecular weight is 494 g/mol. The minimum atomic E-state index is -2.74. The van der Waals surface area contributed by atoms with Crippen molar-refractivity contribution in [1.29, 1.82) is 0 Å². The van der Waals surface area contributed by atoms with Crippen LogP contribution in [0.25, 0.3) is 10.1 Å². The molecule has 4 aromatic rings. The van der Waals surface area contributed by atoms with Crippen LogP contribution in [0.2, 0.25) is 0 Å². The van der Waals surface area contributed by atoms with E-state index in [1.165, 1.54) is 23.8 Å². The van der Waals surface area contributed by atoms with Crippen LogP contribution >= 0.6 is 11.5 Å². The van der Waals surface area contributed by atoms with Crippen LogP contribution in [-0.2, 0) is 0 Å². The summed E-state index contributed by atoms with van der Waals surface area (Å²) in [6, 6.07) is 15.8. The molecule has 2 aromatic carbocycles. The number of alkyl halides is 2. The second-order valence-electron chi connectivity index (χ2n) is 8.48. The van der Waals surface area contributed by atoms with E-state index in [0.717, 1.165) is 21.3 Å². The molecule has 178 valence electrons. The lowest BCUT2D eigenvalue weighted by Crippen LogP contribution is -2.50. The Bertz CT molecular complexity index is 1430. The number of carbonyl (C=O) groups is 2. The monoisotopic (exact) mass is 493 g/mol. The topological polar surface area (TPSA) is 96.0 Å². The highest BCUT2D eigenvalue weighted by Gasteiger charge is 2.46. The lowest BCUT2D eigenvalue weighted by atomic mass is 9.88. The van der Waals surface area contributed by atoms with Gasteiger partial charge in [0.2, 0.25) is 0 Å². The number of benzene rings is 2. The van der Waals surface area contributed by atoms with Gasteiger partial charge in [0, 0.05) is 36.2 Å². The van der Waals surface area contributed by atoms with E-state index >= 15 is 0 Å². The fraction of sp³-hybridized carbons (Fsp3) is 0.200. The third-order valence-corrected chi connectivity index (χ3v) is 6.64. The molecule has 35 heavy (non-hydrogen) atoms. The van der Waals surface area contributed by atoms with E-state index in [1.807, 2.05) is 55.5 Å². The zero-order chi connectivity index (χ0) is 24.6. The molecule has 2 aromatic heterocycles. The van der Waals surface area contributed by atoms with Gasteiger partial charge in [0.15, 0.2) is 5.82 Å². The summed E-state index contributed by atoms with van der Waals surface area (Å²) in [5, 5.41) is 9.32. The van der Waals surface area contributed by atoms with Gasteiger partial charge < -0.3 is 16.0 Å². The van der Waals surface area contributed by atoms with E-state index in [0.29, 0.717) is 5.82 Å². The highest BCUT2D eigenvalue weighted by molar-refractivity contribution is 7.13. The van der Waals surface area contributed by atoms with Crippen LogP contribution in [0.5, 0.6) is 0 Å². The molecule has 0 bridgehead atoms. The van der Waals surface area contributed by atoms with Gasteiger partial charge in [0.05, 0.1) is 16.0 Å². The zero-order valence-electron chi connectivity index (χ0n) is 18.6. The number of rotatable bonds is 6. The SMILES string of the molecule is Cc1ccccc1Nc1ncc(C(=O)NC2CC(F)(F)C2)cc1NC(=O)c1nsc2ccccc12. The number of hydrogen-bond donors (Lipinski definition) is 3. The standard InChI is InChI=1S/C25H21F2N5O2S/c1-14-6-2-4-8-18(14)30-22-19(31-24(34)21-17-7-3-5-9-20(17)35-32-21)10-15(13-28-22)23(33)29-16-11-25(26,27)12-16/h2-10,13,16H,11-12H2,1H3,(H,28,30)(H,29,33)(H,31,34). The maximum atomic E-state index is 13.2. The van der Waals surface area contributed by atoms with E-state index < -0.39 is 23.8 Å². The number of nitrogens with one attached hydrogen (secondary N) is 3. The number of aryl methyl sites for hydroxylation is 1. The van der Waals surface area contributed by atoms with Crippen LogP contribution in [0, 0.1) is 6.92 Å². The number of nitrogens with zero attached hydrogens (tertiary/aromatic N) is 2. The van der Waals surface area contributed by atoms with Crippen molar-refractivity contribution >= 4 is 50.6 Å². The molecule has 7 nitrogen and oxygen atoms in total. The van der Waals surface area contributed by atoms with Crippen molar-refractivity contribution in [3.63, 3.8) is 0 Å². The van der Waals surface area contributed by atoms with Gasteiger partial charge in [-0.25, -0.2) is 13.8 Å². The highest BCUT2D eigenvalue weighted by atomic mass is 32.1. The van der Waals surface area contributed by atoms with Crippen LogP contribution < -0.4 is 16.0 Å². The van der Waals surface area contributed by atoms with Crippen molar-refractivity contribution < 1.29 is 18.4 Å². The second-order valence-corrected chi connectivity index (χ2v) is 9.28. The minimum absolute atomic E-state index is 0.147. The number of fused-ring (bicyclic) bond motifs is 1. The van der Waals surface area contributed by atoms with Crippen LogP contribution in [0.15, 0.2) is 60.8 Å². The molecule has 1 aliphatic carbocycles. The predicted molar refractivity (Wildman–Crippen MR) is 132 cm³/mol. The first-order valence-electron chi connectivity index (χ1n) is 11.0. The molecule has 1 fully saturated rings. The number of aromatic nitrogens is 2. The van der Waals surface area contributed by atoms with Crippen molar-refractivity contribution in [3.05, 3.63) is 77.6 Å². The van der Waals surface area contributed by atoms with Crippen molar-refractivity contribution in [3.8, 4) is 0 Å². The van der Waals surface area contributed by atoms with Crippen molar-refractivity contribution in [2.45, 2.75) is 31.7 Å². The Morgan fingerprint density at radius 2 is 1.77 bits per heavy atom. The maximum Gasteiger partial charge on any atom is 0.276 e. The van der Waals surface area contributed by atoms with Crippen molar-refractivity contribution in [2.24, 2.45) is 0 Å². The molecule has 0 aliphatic heterocycles. The highest BCUT2D eigenvalue weighted by Crippen LogP contribution is 2.37. The van der Waals surface area contributed by atoms with Crippen LogP contribution in [-0.4, -0.2) is 33.1 Å². The molecular weight excluding hydrogens is 472 g/mol. The molecule has 0 saturated heterocycles. The molecule has 10 heteroatoms. The molecule has 1 saturated carbocycles. The second kappa shape index (κ2) is 9.03. The van der Waals surface area contributed by atoms with Gasteiger partial charge in [-0.3, -0.25) is 9.59 Å². The molecule has 2 heterocycles. The van der Waals surface area contributed by atoms with Crippen LogP contribution in [0.1, 0.15) is 39.3 Å². The summed E-state index contributed by atoms with van der Waals surface area (Å²) in [7, 11) is 0. The number of anilines is 3. The maximum absolute atomic E-state index is 13.2. The number of carbonyl (C=O) groups excluding carboxylic acids is 2. The summed E-state index contributed by atoms with van der Waals surface area (Å²) in [6.07, 6.45) is 0.569. The molecule has 0 radical (unpaired) electrons. The van der Waals surface area contributed by atoms with Gasteiger partial charge in [-0.15, -0.1) is 0 Å². The summed E-state index contributed by atoms with van der Waals surface area (Å²) in [6.45, 7) is 1.93. The molecule has 0 spiro atoms. The largest absolute Gasteiger partial charge is 0.349 e. The predicted octanol–water partition coefficient (Wildman–Crippen LogP) is 5.52. The minimum Gasteiger partial charge on any atom is -0.349 e. The molecular formula is C25H21F2N5O2S. The van der Waals surface area contributed by atoms with E-state index in [1.54, 1.807) is 0 Å².